The van der Waals surface area contributed by atoms with E-state index in [9.17, 15) is 24.3 Å². The van der Waals surface area contributed by atoms with E-state index in [2.05, 4.69) is 80.7 Å². The van der Waals surface area contributed by atoms with Gasteiger partial charge in [-0.25, -0.2) is 0 Å². The second-order valence-electron chi connectivity index (χ2n) is 16.6. The van der Waals surface area contributed by atoms with Gasteiger partial charge in [-0.15, -0.1) is 0 Å². The van der Waals surface area contributed by atoms with Crippen LogP contribution in [0.2, 0.25) is 0 Å². The summed E-state index contributed by atoms with van der Waals surface area (Å²) in [6.45, 7) is 6.28. The number of piperidine rings is 1. The van der Waals surface area contributed by atoms with Crippen molar-refractivity contribution in [2.24, 2.45) is 0 Å². The fourth-order valence-electron chi connectivity index (χ4n) is 10.3. The third-order valence-corrected chi connectivity index (χ3v) is 13.3. The summed E-state index contributed by atoms with van der Waals surface area (Å²) in [5.74, 6) is 0.747. The lowest BCUT2D eigenvalue weighted by Gasteiger charge is -2.46. The average molecular weight is 781 g/mol. The van der Waals surface area contributed by atoms with Crippen LogP contribution in [0, 0.1) is 0 Å². The summed E-state index contributed by atoms with van der Waals surface area (Å²) < 4.78 is 6.20. The largest absolute Gasteiger partial charge is 0.508 e. The first-order chi connectivity index (χ1) is 28.3. The molecule has 6 aliphatic rings. The van der Waals surface area contributed by atoms with Crippen molar-refractivity contribution in [3.05, 3.63) is 118 Å². The molecule has 3 fully saturated rings. The Morgan fingerprint density at radius 2 is 1.60 bits per heavy atom. The van der Waals surface area contributed by atoms with Gasteiger partial charge < -0.3 is 29.4 Å². The lowest BCUT2D eigenvalue weighted by molar-refractivity contribution is -0.137. The first-order valence-corrected chi connectivity index (χ1v) is 20.7. The number of phenols is 1. The molecule has 0 radical (unpaired) electrons. The molecule has 0 saturated carbocycles. The van der Waals surface area contributed by atoms with Crippen molar-refractivity contribution in [2.45, 2.75) is 56.1 Å². The zero-order valence-electron chi connectivity index (χ0n) is 32.5. The molecule has 1 unspecified atom stereocenters. The standard InChI is InChI=1S/C46H48N6O6/c53-35-11-13-37-31(22-35)8-12-36(29-4-2-1-3-5-29)44(37)30-6-9-33(10-7-30)49-18-16-48(17-19-49)27-43(55)50-20-21-51-34(26-50)28-58-41-24-38-32(23-40(41)51)25-52(46(38)57)39-14-15-42(54)47-45(39)56/h1-7,9-11,13,22-24,34,36,39,44,53H,8,12,14-21,25-28H2,(H,47,54,56)/t34-,36+,39?,44-/m0/s1. The number of fused-ring (bicyclic) bond motifs is 5. The van der Waals surface area contributed by atoms with E-state index >= 15 is 0 Å². The Morgan fingerprint density at radius 1 is 0.793 bits per heavy atom. The van der Waals surface area contributed by atoms with Gasteiger partial charge in [-0.3, -0.25) is 29.4 Å². The molecule has 2 N–H and O–H groups in total. The fraction of sp³-hybridized carbons (Fsp3) is 0.391. The number of aromatic hydroxyl groups is 1. The monoisotopic (exact) mass is 780 g/mol. The molecule has 5 heterocycles. The van der Waals surface area contributed by atoms with Gasteiger partial charge >= 0.3 is 0 Å². The van der Waals surface area contributed by atoms with E-state index < -0.39 is 11.9 Å². The Bertz CT molecular complexity index is 2270. The number of amides is 4. The SMILES string of the molecule is O=C1CCC(N2Cc3cc4c(cc3C2=O)OC[C@@H]2CN(C(=O)CN3CCN(c5ccc([C@@H]6c7ccc(O)cc7CC[C@@H]6c6ccccc6)cc5)CC3)CCN42)C(=O)N1. The molecule has 58 heavy (non-hydrogen) atoms. The highest BCUT2D eigenvalue weighted by molar-refractivity contribution is 6.06. The summed E-state index contributed by atoms with van der Waals surface area (Å²) in [6, 6.07) is 28.9. The van der Waals surface area contributed by atoms with Gasteiger partial charge in [-0.2, -0.15) is 0 Å². The lowest BCUT2D eigenvalue weighted by Crippen LogP contribution is -2.60. The molecule has 10 rings (SSSR count). The smallest absolute Gasteiger partial charge is 0.255 e. The number of imide groups is 1. The van der Waals surface area contributed by atoms with Gasteiger partial charge in [0.25, 0.3) is 5.91 Å². The molecule has 1 aliphatic carbocycles. The minimum atomic E-state index is -0.662. The molecule has 12 nitrogen and oxygen atoms in total. The molecule has 0 spiro atoms. The Kier molecular flexibility index (Phi) is 9.31. The highest BCUT2D eigenvalue weighted by Gasteiger charge is 2.42. The average Bonchev–Trinajstić information content (AvgIpc) is 3.56. The van der Waals surface area contributed by atoms with Gasteiger partial charge in [-0.05, 0) is 89.4 Å². The summed E-state index contributed by atoms with van der Waals surface area (Å²) in [7, 11) is 0. The molecule has 4 atom stereocenters. The number of carbonyl (C=O) groups excluding carboxylic acids is 4. The number of nitrogens with one attached hydrogen (secondary N) is 1. The minimum absolute atomic E-state index is 0.00335. The molecule has 4 amide bonds. The molecule has 0 aromatic heterocycles. The maximum absolute atomic E-state index is 13.7. The van der Waals surface area contributed by atoms with Crippen molar-refractivity contribution in [3.8, 4) is 11.5 Å². The van der Waals surface area contributed by atoms with Crippen LogP contribution in [-0.4, -0.2) is 114 Å². The molecule has 4 aromatic rings. The molecule has 5 aliphatic heterocycles. The van der Waals surface area contributed by atoms with E-state index in [4.69, 9.17) is 4.74 Å². The number of benzene rings is 4. The van der Waals surface area contributed by atoms with Crippen LogP contribution in [0.15, 0.2) is 84.9 Å². The van der Waals surface area contributed by atoms with Crippen molar-refractivity contribution in [2.75, 3.05) is 68.8 Å². The summed E-state index contributed by atoms with van der Waals surface area (Å²) in [4.78, 5) is 61.8. The number of nitrogens with zero attached hydrogens (tertiary/aromatic N) is 5. The first-order valence-electron chi connectivity index (χ1n) is 20.7. The Morgan fingerprint density at radius 3 is 2.40 bits per heavy atom. The number of piperazine rings is 2. The van der Waals surface area contributed by atoms with Crippen LogP contribution in [0.3, 0.4) is 0 Å². The summed E-state index contributed by atoms with van der Waals surface area (Å²) in [6.07, 6.45) is 2.52. The second kappa shape index (κ2) is 14.8. The van der Waals surface area contributed by atoms with Crippen LogP contribution >= 0.6 is 0 Å². The van der Waals surface area contributed by atoms with E-state index in [0.717, 1.165) is 50.3 Å². The third-order valence-electron chi connectivity index (χ3n) is 13.3. The predicted molar refractivity (Wildman–Crippen MR) is 218 cm³/mol. The highest BCUT2D eigenvalue weighted by atomic mass is 16.5. The molecular weight excluding hydrogens is 733 g/mol. The Labute approximate surface area is 337 Å². The van der Waals surface area contributed by atoms with Gasteiger partial charge in [0, 0.05) is 75.9 Å². The van der Waals surface area contributed by atoms with E-state index in [1.54, 1.807) is 11.0 Å². The molecule has 298 valence electrons. The van der Waals surface area contributed by atoms with Crippen molar-refractivity contribution in [1.29, 1.82) is 0 Å². The van der Waals surface area contributed by atoms with Gasteiger partial charge in [0.2, 0.25) is 17.7 Å². The van der Waals surface area contributed by atoms with Crippen LogP contribution < -0.4 is 19.9 Å². The van der Waals surface area contributed by atoms with E-state index in [1.807, 2.05) is 23.1 Å². The van der Waals surface area contributed by atoms with Crippen LogP contribution in [0.25, 0.3) is 0 Å². The van der Waals surface area contributed by atoms with Gasteiger partial charge in [0.15, 0.2) is 0 Å². The summed E-state index contributed by atoms with van der Waals surface area (Å²) in [5.41, 5.74) is 8.67. The van der Waals surface area contributed by atoms with E-state index in [0.29, 0.717) is 68.7 Å². The zero-order valence-corrected chi connectivity index (χ0v) is 32.5. The van der Waals surface area contributed by atoms with Crippen molar-refractivity contribution in [3.63, 3.8) is 0 Å². The first kappa shape index (κ1) is 36.5. The Hall–Kier alpha value is -5.88. The Balaban J connectivity index is 0.748. The number of hydrogen-bond donors (Lipinski definition) is 2. The van der Waals surface area contributed by atoms with Gasteiger partial charge in [-0.1, -0.05) is 48.5 Å². The predicted octanol–water partition coefficient (Wildman–Crippen LogP) is 4.25. The number of ether oxygens (including phenoxy) is 1. The fourth-order valence-corrected chi connectivity index (χ4v) is 10.3. The van der Waals surface area contributed by atoms with E-state index in [-0.39, 0.29) is 36.1 Å². The number of hydrogen-bond acceptors (Lipinski definition) is 9. The number of rotatable bonds is 6. The van der Waals surface area contributed by atoms with Crippen LogP contribution in [0.4, 0.5) is 11.4 Å². The van der Waals surface area contributed by atoms with Crippen LogP contribution in [0.5, 0.6) is 11.5 Å². The zero-order chi connectivity index (χ0) is 39.5. The highest BCUT2D eigenvalue weighted by Crippen LogP contribution is 2.47. The molecule has 12 heteroatoms. The van der Waals surface area contributed by atoms with Crippen LogP contribution in [0.1, 0.15) is 69.3 Å². The molecule has 3 saturated heterocycles. The summed E-state index contributed by atoms with van der Waals surface area (Å²) in [5, 5.41) is 12.6. The van der Waals surface area contributed by atoms with Crippen molar-refractivity contribution in [1.82, 2.24) is 20.0 Å². The number of carbonyl (C=O) groups is 4. The quantitative estimate of drug-likeness (QED) is 0.277. The second-order valence-corrected chi connectivity index (χ2v) is 16.6. The topological polar surface area (TPSA) is 126 Å². The van der Waals surface area contributed by atoms with Crippen molar-refractivity contribution < 1.29 is 29.0 Å². The maximum Gasteiger partial charge on any atom is 0.255 e. The molecule has 0 bridgehead atoms. The molecule has 4 aromatic carbocycles. The number of anilines is 2. The molecular formula is C46H48N6O6. The van der Waals surface area contributed by atoms with Crippen molar-refractivity contribution >= 4 is 35.0 Å². The maximum atomic E-state index is 13.7. The lowest BCUT2D eigenvalue weighted by atomic mass is 9.69. The normalized spacial score (nSPS) is 24.4. The third kappa shape index (κ3) is 6.62. The van der Waals surface area contributed by atoms with E-state index in [1.165, 1.54) is 27.9 Å². The minimum Gasteiger partial charge on any atom is -0.508 e. The van der Waals surface area contributed by atoms with Crippen LogP contribution in [-0.2, 0) is 27.3 Å². The number of phenolic OH excluding ortho intramolecular Hbond substituents is 1. The van der Waals surface area contributed by atoms with Gasteiger partial charge in [0.1, 0.15) is 24.1 Å². The van der Waals surface area contributed by atoms with Gasteiger partial charge in [0.05, 0.1) is 18.3 Å². The number of aryl methyl sites for hydroxylation is 1. The summed E-state index contributed by atoms with van der Waals surface area (Å²) >= 11 is 0.